The molecule has 0 atom stereocenters. The molecule has 4 aromatic carbocycles. The fourth-order valence-corrected chi connectivity index (χ4v) is 4.71. The van der Waals surface area contributed by atoms with Gasteiger partial charge in [-0.05, 0) is 84.6 Å². The summed E-state index contributed by atoms with van der Waals surface area (Å²) in [5.74, 6) is -0.461. The van der Waals surface area contributed by atoms with E-state index in [1.807, 2.05) is 6.92 Å². The Balaban J connectivity index is 0.00000267. The molecule has 0 saturated heterocycles. The standard InChI is InChI=1S/C24H20N4O7S2.2Na/c1-14-10-17(25)5-9-22(14)28-27-18-6-2-15(3-7-18)24(29)26-19-8-4-16-11-20(36-35-34-30)13-23(21(16)12-19)37(31,32)33;;/h2-13,30H,25H2,1H3,(H,26,29)(H,31,32,33);;/q;2*+1/p-2. The average Bonchev–Trinajstić information content (AvgIpc) is 2.86. The van der Waals surface area contributed by atoms with Gasteiger partial charge in [0.2, 0.25) is 0 Å². The number of fused-ring (bicyclic) bond motifs is 1. The van der Waals surface area contributed by atoms with Crippen LogP contribution in [0.3, 0.4) is 0 Å². The summed E-state index contributed by atoms with van der Waals surface area (Å²) in [4.78, 5) is 12.4. The molecule has 190 valence electrons. The number of nitrogen functional groups attached to an aromatic ring is 1. The molecule has 0 aliphatic heterocycles. The van der Waals surface area contributed by atoms with E-state index in [9.17, 15) is 23.0 Å². The Hall–Kier alpha value is -1.85. The zero-order valence-electron chi connectivity index (χ0n) is 21.1. The van der Waals surface area contributed by atoms with Gasteiger partial charge >= 0.3 is 59.1 Å². The van der Waals surface area contributed by atoms with Crippen LogP contribution in [0.5, 0.6) is 0 Å². The van der Waals surface area contributed by atoms with E-state index in [1.165, 1.54) is 18.2 Å². The summed E-state index contributed by atoms with van der Waals surface area (Å²) in [7, 11) is -4.89. The molecule has 0 unspecified atom stereocenters. The number of nitrogens with zero attached hydrogens (tertiary/aromatic N) is 2. The molecule has 0 aliphatic rings. The molecule has 39 heavy (non-hydrogen) atoms. The number of hydrogen-bond donors (Lipinski definition) is 2. The minimum absolute atomic E-state index is 0. The first kappa shape index (κ1) is 33.4. The number of azo groups is 1. The third kappa shape index (κ3) is 8.82. The molecular formula is C24H18N4Na2O7S2. The Morgan fingerprint density at radius 1 is 0.974 bits per heavy atom. The van der Waals surface area contributed by atoms with Crippen LogP contribution in [0.2, 0.25) is 0 Å². The van der Waals surface area contributed by atoms with Gasteiger partial charge in [-0.2, -0.15) is 14.6 Å². The second kappa shape index (κ2) is 14.7. The van der Waals surface area contributed by atoms with Crippen LogP contribution in [0.25, 0.3) is 10.8 Å². The van der Waals surface area contributed by atoms with Crippen molar-refractivity contribution in [1.82, 2.24) is 0 Å². The van der Waals surface area contributed by atoms with Crippen molar-refractivity contribution in [3.05, 3.63) is 83.9 Å². The van der Waals surface area contributed by atoms with Crippen LogP contribution in [0.4, 0.5) is 22.7 Å². The first-order valence-electron chi connectivity index (χ1n) is 10.5. The van der Waals surface area contributed by atoms with Crippen LogP contribution in [-0.2, 0) is 19.5 Å². The fraction of sp³-hybridized carbons (Fsp3) is 0.0417. The van der Waals surface area contributed by atoms with E-state index in [0.717, 1.165) is 11.6 Å². The van der Waals surface area contributed by atoms with Gasteiger partial charge in [-0.1, -0.05) is 6.07 Å². The molecule has 0 saturated carbocycles. The number of amides is 1. The first-order valence-corrected chi connectivity index (χ1v) is 12.7. The summed E-state index contributed by atoms with van der Waals surface area (Å²) in [5.41, 5.74) is 9.04. The van der Waals surface area contributed by atoms with Gasteiger partial charge in [-0.15, -0.1) is 0 Å². The normalized spacial score (nSPS) is 11.2. The molecule has 1 amide bonds. The van der Waals surface area contributed by atoms with Crippen molar-refractivity contribution in [3.8, 4) is 0 Å². The van der Waals surface area contributed by atoms with E-state index >= 15 is 0 Å². The van der Waals surface area contributed by atoms with Gasteiger partial charge < -0.3 is 20.9 Å². The Kier molecular flexibility index (Phi) is 12.6. The Labute approximate surface area is 272 Å². The van der Waals surface area contributed by atoms with Gasteiger partial charge in [0.05, 0.1) is 28.3 Å². The molecule has 3 N–H and O–H groups in total. The van der Waals surface area contributed by atoms with E-state index in [1.54, 1.807) is 48.5 Å². The zero-order chi connectivity index (χ0) is 26.6. The maximum absolute atomic E-state index is 12.8. The summed E-state index contributed by atoms with van der Waals surface area (Å²) in [6.45, 7) is 1.87. The number of hydrogen-bond acceptors (Lipinski definition) is 11. The SMILES string of the molecule is Cc1cc(N)ccc1N=Nc1ccc(C(=O)Nc2ccc3cc(SOO[O-])cc(S(=O)(=O)[O-])c3c2)cc1.[Na+].[Na+]. The third-order valence-corrected chi connectivity index (χ3v) is 6.63. The maximum Gasteiger partial charge on any atom is 1.00 e. The Morgan fingerprint density at radius 3 is 2.33 bits per heavy atom. The Morgan fingerprint density at radius 2 is 1.69 bits per heavy atom. The first-order chi connectivity index (χ1) is 17.6. The average molecular weight is 585 g/mol. The smallest absolute Gasteiger partial charge is 0.744 e. The number of carbonyl (C=O) groups is 1. The zero-order valence-corrected chi connectivity index (χ0v) is 26.7. The molecular weight excluding hydrogens is 566 g/mol. The van der Waals surface area contributed by atoms with E-state index in [4.69, 9.17) is 5.73 Å². The van der Waals surface area contributed by atoms with Crippen LogP contribution in [0.15, 0.2) is 92.8 Å². The summed E-state index contributed by atoms with van der Waals surface area (Å²) in [6, 6.07) is 18.6. The monoisotopic (exact) mass is 584 g/mol. The summed E-state index contributed by atoms with van der Waals surface area (Å²) in [5, 5.41) is 24.8. The summed E-state index contributed by atoms with van der Waals surface area (Å²) in [6.07, 6.45) is 0. The summed E-state index contributed by atoms with van der Waals surface area (Å²) < 4.78 is 39.7. The van der Waals surface area contributed by atoms with E-state index < -0.39 is 20.9 Å². The molecule has 0 spiro atoms. The van der Waals surface area contributed by atoms with Crippen LogP contribution < -0.4 is 75.4 Å². The topological polar surface area (TPSA) is 179 Å². The number of carbonyl (C=O) groups excluding carboxylic acids is 1. The van der Waals surface area contributed by atoms with Gasteiger partial charge in [0.1, 0.15) is 10.1 Å². The van der Waals surface area contributed by atoms with Crippen molar-refractivity contribution >= 4 is 61.6 Å². The van der Waals surface area contributed by atoms with Gasteiger partial charge in [-0.3, -0.25) is 9.83 Å². The summed E-state index contributed by atoms with van der Waals surface area (Å²) >= 11 is 0.455. The minimum Gasteiger partial charge on any atom is -0.744 e. The van der Waals surface area contributed by atoms with Crippen molar-refractivity contribution in [1.29, 1.82) is 0 Å². The molecule has 15 heteroatoms. The van der Waals surface area contributed by atoms with Crippen molar-refractivity contribution in [3.63, 3.8) is 0 Å². The van der Waals surface area contributed by atoms with Gasteiger partial charge in [0.15, 0.2) is 0 Å². The predicted molar refractivity (Wildman–Crippen MR) is 134 cm³/mol. The van der Waals surface area contributed by atoms with Crippen molar-refractivity contribution in [2.45, 2.75) is 16.7 Å². The number of nitrogens with one attached hydrogen (secondary N) is 1. The van der Waals surface area contributed by atoms with Crippen LogP contribution in [-0.4, -0.2) is 18.9 Å². The molecule has 0 aromatic heterocycles. The maximum atomic E-state index is 12.8. The molecule has 0 aliphatic carbocycles. The number of aryl methyl sites for hydroxylation is 1. The van der Waals surface area contributed by atoms with E-state index in [2.05, 4.69) is 24.9 Å². The van der Waals surface area contributed by atoms with Crippen molar-refractivity contribution in [2.75, 3.05) is 11.1 Å². The minimum atomic E-state index is -4.89. The molecule has 0 bridgehead atoms. The Bertz CT molecular complexity index is 1620. The van der Waals surface area contributed by atoms with Gasteiger partial charge in [0, 0.05) is 27.2 Å². The molecule has 0 radical (unpaired) electrons. The molecule has 4 aromatic rings. The van der Waals surface area contributed by atoms with Crippen LogP contribution >= 0.6 is 12.0 Å². The number of anilines is 2. The van der Waals surface area contributed by atoms with Gasteiger partial charge in [0.25, 0.3) is 5.91 Å². The number of nitrogens with two attached hydrogens (primary N) is 1. The third-order valence-electron chi connectivity index (χ3n) is 5.20. The van der Waals surface area contributed by atoms with Crippen molar-refractivity contribution in [2.24, 2.45) is 10.2 Å². The van der Waals surface area contributed by atoms with E-state index in [-0.39, 0.29) is 75.1 Å². The fourth-order valence-electron chi connectivity index (χ4n) is 3.47. The largest absolute Gasteiger partial charge is 1.00 e. The predicted octanol–water partition coefficient (Wildman–Crippen LogP) is -1.46. The quantitative estimate of drug-likeness (QED) is 0.0476. The van der Waals surface area contributed by atoms with Crippen molar-refractivity contribution < 1.29 is 91.5 Å². The number of rotatable bonds is 8. The van der Waals surface area contributed by atoms with E-state index in [0.29, 0.717) is 40.1 Å². The molecule has 11 nitrogen and oxygen atoms in total. The molecule has 0 heterocycles. The second-order valence-electron chi connectivity index (χ2n) is 7.78. The number of benzene rings is 4. The van der Waals surface area contributed by atoms with Crippen LogP contribution in [0, 0.1) is 6.92 Å². The van der Waals surface area contributed by atoms with Crippen LogP contribution in [0.1, 0.15) is 15.9 Å². The molecule has 0 fully saturated rings. The molecule has 4 rings (SSSR count). The van der Waals surface area contributed by atoms with Gasteiger partial charge in [-0.25, -0.2) is 8.42 Å². The second-order valence-corrected chi connectivity index (χ2v) is 9.90.